The molecule has 0 aliphatic heterocycles. The quantitative estimate of drug-likeness (QED) is 0.767. The highest BCUT2D eigenvalue weighted by atomic mass is 16.3. The minimum atomic E-state index is 0.167. The van der Waals surface area contributed by atoms with E-state index in [9.17, 15) is 5.11 Å². The first-order chi connectivity index (χ1) is 10.2. The van der Waals surface area contributed by atoms with Crippen LogP contribution in [0.15, 0.2) is 49.1 Å². The summed E-state index contributed by atoms with van der Waals surface area (Å²) in [5, 5.41) is 12.4. The fraction of sp³-hybridized carbons (Fsp3) is 0.133. The number of hydrogen-bond donors (Lipinski definition) is 2. The van der Waals surface area contributed by atoms with Gasteiger partial charge in [0.05, 0.1) is 30.3 Å². The number of hydrogen-bond acceptors (Lipinski definition) is 5. The van der Waals surface area contributed by atoms with E-state index in [0.29, 0.717) is 6.54 Å². The van der Waals surface area contributed by atoms with Crippen LogP contribution in [0.25, 0.3) is 5.82 Å². The average molecular weight is 281 g/mol. The molecule has 3 rings (SSSR count). The molecule has 2 N–H and O–H groups in total. The van der Waals surface area contributed by atoms with Gasteiger partial charge in [-0.1, -0.05) is 0 Å². The van der Waals surface area contributed by atoms with Crippen LogP contribution in [-0.4, -0.2) is 24.6 Å². The van der Waals surface area contributed by atoms with Gasteiger partial charge in [0.2, 0.25) is 0 Å². The molecule has 0 aromatic carbocycles. The van der Waals surface area contributed by atoms with Gasteiger partial charge in [0.15, 0.2) is 0 Å². The molecule has 106 valence electrons. The van der Waals surface area contributed by atoms with Crippen LogP contribution in [0.5, 0.6) is 5.75 Å². The molecule has 3 aromatic heterocycles. The summed E-state index contributed by atoms with van der Waals surface area (Å²) in [7, 11) is 0. The average Bonchev–Trinajstić information content (AvgIpc) is 2.93. The van der Waals surface area contributed by atoms with E-state index in [-0.39, 0.29) is 5.75 Å². The van der Waals surface area contributed by atoms with Crippen LogP contribution in [0.3, 0.4) is 0 Å². The van der Waals surface area contributed by atoms with Crippen LogP contribution >= 0.6 is 0 Å². The maximum Gasteiger partial charge on any atom is 0.138 e. The second kappa shape index (κ2) is 5.62. The third kappa shape index (κ3) is 3.00. The molecule has 0 unspecified atom stereocenters. The molecule has 0 amide bonds. The second-order valence-electron chi connectivity index (χ2n) is 4.61. The Hall–Kier alpha value is -2.89. The van der Waals surface area contributed by atoms with Crippen molar-refractivity contribution in [1.29, 1.82) is 0 Å². The van der Waals surface area contributed by atoms with Crippen molar-refractivity contribution >= 4 is 5.69 Å². The van der Waals surface area contributed by atoms with Gasteiger partial charge in [-0.15, -0.1) is 0 Å². The third-order valence-corrected chi connectivity index (χ3v) is 3.10. The number of rotatable bonds is 4. The standard InChI is InChI=1S/C15H15N5O/c1-11-16-6-7-20(11)15-5-3-13(9-19-15)17-8-12-2-4-14(21)10-18-12/h2-7,9-10,17,21H,8H2,1H3. The molecule has 3 heterocycles. The van der Waals surface area contributed by atoms with Crippen LogP contribution in [0.2, 0.25) is 0 Å². The molecule has 6 nitrogen and oxygen atoms in total. The van der Waals surface area contributed by atoms with Crippen LogP contribution < -0.4 is 5.32 Å². The number of pyridine rings is 2. The van der Waals surface area contributed by atoms with E-state index >= 15 is 0 Å². The zero-order valence-corrected chi connectivity index (χ0v) is 11.6. The van der Waals surface area contributed by atoms with Crippen molar-refractivity contribution in [3.8, 4) is 11.6 Å². The summed E-state index contributed by atoms with van der Waals surface area (Å²) in [5.74, 6) is 1.90. The van der Waals surface area contributed by atoms with Crippen molar-refractivity contribution in [3.63, 3.8) is 0 Å². The highest BCUT2D eigenvalue weighted by Crippen LogP contribution is 2.13. The van der Waals surface area contributed by atoms with Crippen molar-refractivity contribution in [2.75, 3.05) is 5.32 Å². The van der Waals surface area contributed by atoms with E-state index in [0.717, 1.165) is 23.0 Å². The van der Waals surface area contributed by atoms with Gasteiger partial charge in [-0.05, 0) is 31.2 Å². The van der Waals surface area contributed by atoms with Gasteiger partial charge >= 0.3 is 0 Å². The lowest BCUT2D eigenvalue weighted by molar-refractivity contribution is 0.472. The highest BCUT2D eigenvalue weighted by molar-refractivity contribution is 5.44. The molecule has 0 aliphatic carbocycles. The molecule has 3 aromatic rings. The fourth-order valence-corrected chi connectivity index (χ4v) is 1.97. The first-order valence-electron chi connectivity index (χ1n) is 6.56. The summed E-state index contributed by atoms with van der Waals surface area (Å²) in [4.78, 5) is 12.7. The number of imidazole rings is 1. The van der Waals surface area contributed by atoms with Gasteiger partial charge in [0, 0.05) is 12.4 Å². The fourth-order valence-electron chi connectivity index (χ4n) is 1.97. The van der Waals surface area contributed by atoms with E-state index < -0.39 is 0 Å². The van der Waals surface area contributed by atoms with E-state index in [1.807, 2.05) is 29.8 Å². The smallest absolute Gasteiger partial charge is 0.138 e. The Morgan fingerprint density at radius 3 is 2.62 bits per heavy atom. The predicted molar refractivity (Wildman–Crippen MR) is 79.3 cm³/mol. The zero-order valence-electron chi connectivity index (χ0n) is 11.6. The number of anilines is 1. The van der Waals surface area contributed by atoms with Crippen molar-refractivity contribution in [1.82, 2.24) is 19.5 Å². The number of nitrogens with one attached hydrogen (secondary N) is 1. The Kier molecular flexibility index (Phi) is 3.51. The minimum absolute atomic E-state index is 0.167. The molecule has 0 radical (unpaired) electrons. The molecule has 0 fully saturated rings. The molecule has 6 heteroatoms. The second-order valence-corrected chi connectivity index (χ2v) is 4.61. The molecular formula is C15H15N5O. The number of aromatic nitrogens is 4. The Bertz CT molecular complexity index is 719. The van der Waals surface area contributed by atoms with Gasteiger partial charge in [-0.25, -0.2) is 9.97 Å². The lowest BCUT2D eigenvalue weighted by atomic mass is 10.3. The first kappa shape index (κ1) is 13.1. The molecule has 0 spiro atoms. The molecular weight excluding hydrogens is 266 g/mol. The van der Waals surface area contributed by atoms with E-state index in [4.69, 9.17) is 0 Å². The molecule has 0 saturated heterocycles. The SMILES string of the molecule is Cc1nccn1-c1ccc(NCc2ccc(O)cn2)cn1. The first-order valence-corrected chi connectivity index (χ1v) is 6.56. The summed E-state index contributed by atoms with van der Waals surface area (Å²) in [6, 6.07) is 7.29. The molecule has 0 bridgehead atoms. The van der Waals surface area contributed by atoms with Gasteiger partial charge in [-0.3, -0.25) is 9.55 Å². The van der Waals surface area contributed by atoms with Gasteiger partial charge in [-0.2, -0.15) is 0 Å². The summed E-state index contributed by atoms with van der Waals surface area (Å²) < 4.78 is 1.92. The van der Waals surface area contributed by atoms with Crippen molar-refractivity contribution in [2.45, 2.75) is 13.5 Å². The Balaban J connectivity index is 1.67. The minimum Gasteiger partial charge on any atom is -0.506 e. The van der Waals surface area contributed by atoms with Crippen molar-refractivity contribution in [2.24, 2.45) is 0 Å². The van der Waals surface area contributed by atoms with Crippen LogP contribution in [-0.2, 0) is 6.54 Å². The maximum absolute atomic E-state index is 9.18. The molecule has 0 atom stereocenters. The number of aromatic hydroxyl groups is 1. The number of nitrogens with zero attached hydrogens (tertiary/aromatic N) is 4. The summed E-state index contributed by atoms with van der Waals surface area (Å²) in [6.07, 6.45) is 6.83. The normalized spacial score (nSPS) is 10.5. The molecule has 21 heavy (non-hydrogen) atoms. The van der Waals surface area contributed by atoms with Crippen LogP contribution in [0.1, 0.15) is 11.5 Å². The van der Waals surface area contributed by atoms with Crippen LogP contribution in [0.4, 0.5) is 5.69 Å². The summed E-state index contributed by atoms with van der Waals surface area (Å²) in [6.45, 7) is 2.51. The Morgan fingerprint density at radius 2 is 2.00 bits per heavy atom. The maximum atomic E-state index is 9.18. The van der Waals surface area contributed by atoms with Gasteiger partial charge < -0.3 is 10.4 Å². The van der Waals surface area contributed by atoms with Crippen molar-refractivity contribution in [3.05, 3.63) is 60.6 Å². The van der Waals surface area contributed by atoms with Crippen LogP contribution in [0, 0.1) is 6.92 Å². The van der Waals surface area contributed by atoms with E-state index in [1.54, 1.807) is 24.5 Å². The van der Waals surface area contributed by atoms with E-state index in [1.165, 1.54) is 6.20 Å². The third-order valence-electron chi connectivity index (χ3n) is 3.10. The monoisotopic (exact) mass is 281 g/mol. The Labute approximate surface area is 122 Å². The predicted octanol–water partition coefficient (Wildman–Crippen LogP) is 2.29. The van der Waals surface area contributed by atoms with Gasteiger partial charge in [0.25, 0.3) is 0 Å². The summed E-state index contributed by atoms with van der Waals surface area (Å²) in [5.41, 5.74) is 1.76. The summed E-state index contributed by atoms with van der Waals surface area (Å²) >= 11 is 0. The molecule has 0 aliphatic rings. The van der Waals surface area contributed by atoms with Gasteiger partial charge in [0.1, 0.15) is 17.4 Å². The lowest BCUT2D eigenvalue weighted by Crippen LogP contribution is -2.03. The highest BCUT2D eigenvalue weighted by Gasteiger charge is 2.02. The zero-order chi connectivity index (χ0) is 14.7. The van der Waals surface area contributed by atoms with E-state index in [2.05, 4.69) is 20.3 Å². The lowest BCUT2D eigenvalue weighted by Gasteiger charge is -2.08. The Morgan fingerprint density at radius 1 is 1.10 bits per heavy atom. The topological polar surface area (TPSA) is 75.9 Å². The molecule has 0 saturated carbocycles. The number of aryl methyl sites for hydroxylation is 1. The largest absolute Gasteiger partial charge is 0.506 e. The van der Waals surface area contributed by atoms with Crippen molar-refractivity contribution < 1.29 is 5.11 Å².